The summed E-state index contributed by atoms with van der Waals surface area (Å²) in [6, 6.07) is 3.27. The van der Waals surface area contributed by atoms with Gasteiger partial charge in [0.15, 0.2) is 0 Å². The average molecular weight is 344 g/mol. The molecule has 6 nitrogen and oxygen atoms in total. The summed E-state index contributed by atoms with van der Waals surface area (Å²) in [5.74, 6) is -0.880. The second-order valence-electron chi connectivity index (χ2n) is 5.50. The number of methoxy groups -OCH3 is 1. The van der Waals surface area contributed by atoms with Crippen LogP contribution in [0.2, 0.25) is 0 Å². The van der Waals surface area contributed by atoms with Crippen LogP contribution in [0.3, 0.4) is 0 Å². The van der Waals surface area contributed by atoms with Crippen molar-refractivity contribution >= 4 is 15.9 Å². The van der Waals surface area contributed by atoms with Gasteiger partial charge < -0.3 is 9.64 Å². The number of ether oxygens (including phenoxy) is 1. The molecule has 1 aliphatic heterocycles. The number of piperidine rings is 1. The first-order chi connectivity index (χ1) is 10.9. The van der Waals surface area contributed by atoms with Crippen LogP contribution < -0.4 is 4.74 Å². The fourth-order valence-electron chi connectivity index (χ4n) is 2.54. The third-order valence-corrected chi connectivity index (χ3v) is 5.71. The highest BCUT2D eigenvalue weighted by molar-refractivity contribution is 7.89. The van der Waals surface area contributed by atoms with Crippen LogP contribution in [0.5, 0.6) is 5.75 Å². The van der Waals surface area contributed by atoms with Gasteiger partial charge in [-0.1, -0.05) is 0 Å². The number of hydrogen-bond donors (Lipinski definition) is 0. The van der Waals surface area contributed by atoms with Crippen LogP contribution in [-0.4, -0.2) is 57.3 Å². The molecule has 1 saturated heterocycles. The molecule has 0 aliphatic carbocycles. The summed E-state index contributed by atoms with van der Waals surface area (Å²) in [5.41, 5.74) is 0. The first kappa shape index (κ1) is 17.7. The fraction of sp³-hybridized carbons (Fsp3) is 0.533. The molecule has 1 amide bonds. The standard InChI is InChI=1S/C15H21FN2O4S/c1-17(11-15(19)18-8-4-3-5-9-18)23(20,21)14-10-12(16)6-7-13(14)22-2/h6-7,10H,3-5,8-9,11H2,1-2H3. The Balaban J connectivity index is 2.18. The Morgan fingerprint density at radius 3 is 2.57 bits per heavy atom. The number of amides is 1. The topological polar surface area (TPSA) is 66.9 Å². The van der Waals surface area contributed by atoms with Crippen LogP contribution >= 0.6 is 0 Å². The summed E-state index contributed by atoms with van der Waals surface area (Å²) in [6.07, 6.45) is 2.94. The third-order valence-electron chi connectivity index (χ3n) is 3.88. The normalized spacial score (nSPS) is 15.7. The Bertz CT molecular complexity index is 672. The van der Waals surface area contributed by atoms with Gasteiger partial charge in [-0.05, 0) is 37.5 Å². The lowest BCUT2D eigenvalue weighted by Gasteiger charge is -2.28. The molecule has 1 heterocycles. The van der Waals surface area contributed by atoms with Crippen molar-refractivity contribution in [1.29, 1.82) is 0 Å². The predicted octanol–water partition coefficient (Wildman–Crippen LogP) is 1.47. The van der Waals surface area contributed by atoms with Crippen molar-refractivity contribution in [3.63, 3.8) is 0 Å². The molecule has 0 N–H and O–H groups in total. The van der Waals surface area contributed by atoms with E-state index in [9.17, 15) is 17.6 Å². The lowest BCUT2D eigenvalue weighted by molar-refractivity contribution is -0.132. The minimum absolute atomic E-state index is 0.0451. The highest BCUT2D eigenvalue weighted by atomic mass is 32.2. The monoisotopic (exact) mass is 344 g/mol. The number of sulfonamides is 1. The first-order valence-corrected chi connectivity index (χ1v) is 8.88. The summed E-state index contributed by atoms with van der Waals surface area (Å²) in [4.78, 5) is 13.6. The Kier molecular flexibility index (Phi) is 5.59. The third kappa shape index (κ3) is 4.00. The molecule has 1 aromatic rings. The molecule has 1 aliphatic rings. The second-order valence-corrected chi connectivity index (χ2v) is 7.51. The average Bonchev–Trinajstić information content (AvgIpc) is 2.55. The van der Waals surface area contributed by atoms with Gasteiger partial charge in [-0.15, -0.1) is 0 Å². The molecule has 23 heavy (non-hydrogen) atoms. The van der Waals surface area contributed by atoms with E-state index in [-0.39, 0.29) is 23.1 Å². The predicted molar refractivity (Wildman–Crippen MR) is 83.2 cm³/mol. The van der Waals surface area contributed by atoms with E-state index < -0.39 is 15.8 Å². The Morgan fingerprint density at radius 1 is 1.30 bits per heavy atom. The molecule has 1 aromatic carbocycles. The molecule has 0 aromatic heterocycles. The minimum atomic E-state index is -4.02. The van der Waals surface area contributed by atoms with E-state index in [1.54, 1.807) is 4.90 Å². The largest absolute Gasteiger partial charge is 0.495 e. The molecular formula is C15H21FN2O4S. The number of likely N-dealkylation sites (N-methyl/N-ethyl adjacent to an activating group) is 1. The van der Waals surface area contributed by atoms with Crippen molar-refractivity contribution in [2.75, 3.05) is 33.8 Å². The highest BCUT2D eigenvalue weighted by Gasteiger charge is 2.28. The van der Waals surface area contributed by atoms with Crippen molar-refractivity contribution in [2.24, 2.45) is 0 Å². The number of carbonyl (C=O) groups is 1. The Morgan fingerprint density at radius 2 is 1.96 bits per heavy atom. The molecule has 0 saturated carbocycles. The summed E-state index contributed by atoms with van der Waals surface area (Å²) >= 11 is 0. The number of benzene rings is 1. The van der Waals surface area contributed by atoms with Gasteiger partial charge >= 0.3 is 0 Å². The van der Waals surface area contributed by atoms with Crippen LogP contribution in [0, 0.1) is 5.82 Å². The van der Waals surface area contributed by atoms with Crippen molar-refractivity contribution in [3.05, 3.63) is 24.0 Å². The molecule has 0 bridgehead atoms. The van der Waals surface area contributed by atoms with Gasteiger partial charge in [-0.2, -0.15) is 4.31 Å². The number of hydrogen-bond acceptors (Lipinski definition) is 4. The molecule has 0 spiro atoms. The summed E-state index contributed by atoms with van der Waals surface area (Å²) in [5, 5.41) is 0. The van der Waals surface area contributed by atoms with Crippen molar-refractivity contribution < 1.29 is 22.3 Å². The van der Waals surface area contributed by atoms with Crippen molar-refractivity contribution in [3.8, 4) is 5.75 Å². The quantitative estimate of drug-likeness (QED) is 0.811. The highest BCUT2D eigenvalue weighted by Crippen LogP contribution is 2.27. The van der Waals surface area contributed by atoms with Gasteiger partial charge in [-0.3, -0.25) is 4.79 Å². The minimum Gasteiger partial charge on any atom is -0.495 e. The zero-order valence-electron chi connectivity index (χ0n) is 13.3. The number of nitrogens with zero attached hydrogens (tertiary/aromatic N) is 2. The van der Waals surface area contributed by atoms with Crippen LogP contribution in [0.15, 0.2) is 23.1 Å². The SMILES string of the molecule is COc1ccc(F)cc1S(=O)(=O)N(C)CC(=O)N1CCCCC1. The molecule has 0 radical (unpaired) electrons. The van der Waals surface area contributed by atoms with Gasteiger partial charge in [0.05, 0.1) is 13.7 Å². The molecule has 8 heteroatoms. The Hall–Kier alpha value is -1.67. The van der Waals surface area contributed by atoms with Crippen molar-refractivity contribution in [2.45, 2.75) is 24.2 Å². The zero-order chi connectivity index (χ0) is 17.0. The van der Waals surface area contributed by atoms with E-state index in [0.717, 1.165) is 35.7 Å². The maximum Gasteiger partial charge on any atom is 0.247 e. The summed E-state index contributed by atoms with van der Waals surface area (Å²) in [6.45, 7) is 1.02. The second kappa shape index (κ2) is 7.27. The summed E-state index contributed by atoms with van der Waals surface area (Å²) in [7, 11) is -1.40. The van der Waals surface area contributed by atoms with E-state index >= 15 is 0 Å². The van der Waals surface area contributed by atoms with Crippen molar-refractivity contribution in [1.82, 2.24) is 9.21 Å². The molecule has 1 fully saturated rings. The lowest BCUT2D eigenvalue weighted by Crippen LogP contribution is -2.43. The van der Waals surface area contributed by atoms with E-state index in [0.29, 0.717) is 13.1 Å². The van der Waals surface area contributed by atoms with E-state index in [1.807, 2.05) is 0 Å². The number of likely N-dealkylation sites (tertiary alicyclic amines) is 1. The van der Waals surface area contributed by atoms with Gasteiger partial charge in [0.1, 0.15) is 16.5 Å². The lowest BCUT2D eigenvalue weighted by atomic mass is 10.1. The number of rotatable bonds is 5. The number of halogens is 1. The molecular weight excluding hydrogens is 323 g/mol. The molecule has 0 atom stereocenters. The number of carbonyl (C=O) groups excluding carboxylic acids is 1. The smallest absolute Gasteiger partial charge is 0.247 e. The van der Waals surface area contributed by atoms with Gasteiger partial charge in [0.25, 0.3) is 0 Å². The van der Waals surface area contributed by atoms with Gasteiger partial charge in [0.2, 0.25) is 15.9 Å². The maximum atomic E-state index is 13.4. The maximum absolute atomic E-state index is 13.4. The van der Waals surface area contributed by atoms with Crippen LogP contribution in [-0.2, 0) is 14.8 Å². The molecule has 2 rings (SSSR count). The van der Waals surface area contributed by atoms with Gasteiger partial charge in [-0.25, -0.2) is 12.8 Å². The summed E-state index contributed by atoms with van der Waals surface area (Å²) < 4.78 is 44.5. The Labute approximate surface area is 135 Å². The first-order valence-electron chi connectivity index (χ1n) is 7.44. The van der Waals surface area contributed by atoms with E-state index in [2.05, 4.69) is 0 Å². The molecule has 128 valence electrons. The fourth-order valence-corrected chi connectivity index (χ4v) is 3.82. The van der Waals surface area contributed by atoms with E-state index in [4.69, 9.17) is 4.74 Å². The van der Waals surface area contributed by atoms with E-state index in [1.165, 1.54) is 20.2 Å². The van der Waals surface area contributed by atoms with Gasteiger partial charge in [0, 0.05) is 20.1 Å². The van der Waals surface area contributed by atoms with Crippen LogP contribution in [0.1, 0.15) is 19.3 Å². The zero-order valence-corrected chi connectivity index (χ0v) is 14.1. The van der Waals surface area contributed by atoms with Crippen LogP contribution in [0.4, 0.5) is 4.39 Å². The van der Waals surface area contributed by atoms with Crippen LogP contribution in [0.25, 0.3) is 0 Å². The molecule has 0 unspecified atom stereocenters.